The van der Waals surface area contributed by atoms with E-state index in [1.54, 1.807) is 30.3 Å². The molecule has 0 N–H and O–H groups in total. The molecule has 0 aliphatic heterocycles. The fourth-order valence-corrected chi connectivity index (χ4v) is 2.31. The van der Waals surface area contributed by atoms with E-state index in [1.165, 1.54) is 0 Å². The largest absolute Gasteiger partial charge is 0.497 e. The van der Waals surface area contributed by atoms with Crippen LogP contribution < -0.4 is 0 Å². The number of allylic oxidation sites excluding steroid dienone is 1. The first kappa shape index (κ1) is 13.8. The highest BCUT2D eigenvalue weighted by Gasteiger charge is 2.14. The van der Waals surface area contributed by atoms with Gasteiger partial charge in [0.1, 0.15) is 6.61 Å². The molecular weight excluding hydrogens is 236 g/mol. The van der Waals surface area contributed by atoms with Crippen LogP contribution in [0.3, 0.4) is 0 Å². The van der Waals surface area contributed by atoms with Crippen molar-refractivity contribution in [1.82, 2.24) is 0 Å². The van der Waals surface area contributed by atoms with Crippen LogP contribution in [-0.4, -0.2) is 20.8 Å². The van der Waals surface area contributed by atoms with Gasteiger partial charge in [-0.05, 0) is 12.1 Å². The van der Waals surface area contributed by atoms with Gasteiger partial charge in [-0.15, -0.1) is 0 Å². The van der Waals surface area contributed by atoms with Crippen LogP contribution in [0.5, 0.6) is 0 Å². The van der Waals surface area contributed by atoms with Crippen LogP contribution in [0.1, 0.15) is 13.8 Å². The van der Waals surface area contributed by atoms with Crippen LogP contribution in [0.25, 0.3) is 0 Å². The van der Waals surface area contributed by atoms with Gasteiger partial charge in [0.25, 0.3) is 0 Å². The molecular formula is C13H18O3S. The molecule has 1 aromatic carbocycles. The molecule has 0 saturated heterocycles. The van der Waals surface area contributed by atoms with Crippen LogP contribution in [-0.2, 0) is 14.6 Å². The van der Waals surface area contributed by atoms with Gasteiger partial charge in [-0.1, -0.05) is 38.6 Å². The summed E-state index contributed by atoms with van der Waals surface area (Å²) in [5.74, 6) is 0.797. The summed E-state index contributed by atoms with van der Waals surface area (Å²) in [6.07, 6.45) is 0. The summed E-state index contributed by atoms with van der Waals surface area (Å²) in [6.45, 7) is 7.78. The van der Waals surface area contributed by atoms with Gasteiger partial charge >= 0.3 is 0 Å². The first-order valence-corrected chi connectivity index (χ1v) is 7.18. The molecule has 4 heteroatoms. The Bertz CT molecular complexity index is 461. The van der Waals surface area contributed by atoms with Gasteiger partial charge in [-0.2, -0.15) is 0 Å². The van der Waals surface area contributed by atoms with E-state index in [0.29, 0.717) is 10.7 Å². The zero-order valence-corrected chi connectivity index (χ0v) is 11.0. The number of sulfone groups is 1. The van der Waals surface area contributed by atoms with E-state index < -0.39 is 9.84 Å². The predicted octanol–water partition coefficient (Wildman–Crippen LogP) is 2.65. The molecule has 0 saturated carbocycles. The van der Waals surface area contributed by atoms with Crippen LogP contribution in [0.15, 0.2) is 47.6 Å². The van der Waals surface area contributed by atoms with E-state index in [4.69, 9.17) is 4.74 Å². The Kier molecular flexibility index (Phi) is 4.75. The van der Waals surface area contributed by atoms with Crippen molar-refractivity contribution in [3.05, 3.63) is 42.7 Å². The van der Waals surface area contributed by atoms with Crippen molar-refractivity contribution in [3.8, 4) is 0 Å². The second-order valence-electron chi connectivity index (χ2n) is 4.10. The third-order valence-electron chi connectivity index (χ3n) is 2.39. The Balaban J connectivity index is 2.55. The number of ether oxygens (including phenoxy) is 1. The Hall–Kier alpha value is -1.29. The maximum absolute atomic E-state index is 11.9. The van der Waals surface area contributed by atoms with Crippen LogP contribution >= 0.6 is 0 Å². The Morgan fingerprint density at radius 2 is 1.88 bits per heavy atom. The summed E-state index contributed by atoms with van der Waals surface area (Å²) in [4.78, 5) is 0.332. The molecule has 0 bridgehead atoms. The molecule has 1 aromatic rings. The molecule has 0 aromatic heterocycles. The Morgan fingerprint density at radius 3 is 2.41 bits per heavy atom. The molecule has 0 atom stereocenters. The van der Waals surface area contributed by atoms with E-state index in [-0.39, 0.29) is 18.3 Å². The highest BCUT2D eigenvalue weighted by molar-refractivity contribution is 7.91. The lowest BCUT2D eigenvalue weighted by molar-refractivity contribution is 0.203. The lowest BCUT2D eigenvalue weighted by Gasteiger charge is -2.12. The number of hydrogen-bond donors (Lipinski definition) is 0. The first-order chi connectivity index (χ1) is 7.93. The minimum atomic E-state index is -3.25. The van der Waals surface area contributed by atoms with Gasteiger partial charge in [0.2, 0.25) is 0 Å². The summed E-state index contributed by atoms with van der Waals surface area (Å²) in [5, 5.41) is 0. The highest BCUT2D eigenvalue weighted by atomic mass is 32.2. The van der Waals surface area contributed by atoms with E-state index >= 15 is 0 Å². The van der Waals surface area contributed by atoms with Crippen molar-refractivity contribution in [2.75, 3.05) is 12.4 Å². The summed E-state index contributed by atoms with van der Waals surface area (Å²) < 4.78 is 29.0. The molecule has 94 valence electrons. The normalized spacial score (nSPS) is 11.5. The first-order valence-electron chi connectivity index (χ1n) is 5.53. The number of benzene rings is 1. The summed E-state index contributed by atoms with van der Waals surface area (Å²) >= 11 is 0. The fraction of sp³-hybridized carbons (Fsp3) is 0.385. The van der Waals surface area contributed by atoms with E-state index in [0.717, 1.165) is 0 Å². The van der Waals surface area contributed by atoms with Gasteiger partial charge in [-0.25, -0.2) is 8.42 Å². The maximum atomic E-state index is 11.9. The van der Waals surface area contributed by atoms with Gasteiger partial charge in [0, 0.05) is 5.92 Å². The van der Waals surface area contributed by atoms with Gasteiger partial charge in [0.15, 0.2) is 9.84 Å². The molecule has 0 fully saturated rings. The second kappa shape index (κ2) is 5.87. The smallest absolute Gasteiger partial charge is 0.181 e. The Labute approximate surface area is 103 Å². The molecule has 0 unspecified atom stereocenters. The van der Waals surface area contributed by atoms with Crippen LogP contribution in [0, 0.1) is 5.92 Å². The third kappa shape index (κ3) is 4.23. The topological polar surface area (TPSA) is 43.4 Å². The van der Waals surface area contributed by atoms with E-state index in [1.807, 2.05) is 13.8 Å². The lowest BCUT2D eigenvalue weighted by atomic mass is 10.2. The molecule has 0 amide bonds. The maximum Gasteiger partial charge on any atom is 0.181 e. The molecule has 0 aliphatic carbocycles. The monoisotopic (exact) mass is 254 g/mol. The van der Waals surface area contributed by atoms with Gasteiger partial charge < -0.3 is 4.74 Å². The SMILES string of the molecule is C=C(OCCS(=O)(=O)c1ccccc1)C(C)C. The molecule has 3 nitrogen and oxygen atoms in total. The van der Waals surface area contributed by atoms with Crippen molar-refractivity contribution < 1.29 is 13.2 Å². The van der Waals surface area contributed by atoms with Crippen molar-refractivity contribution in [2.45, 2.75) is 18.7 Å². The molecule has 0 spiro atoms. The quantitative estimate of drug-likeness (QED) is 0.733. The Morgan fingerprint density at radius 1 is 1.29 bits per heavy atom. The standard InChI is InChI=1S/C13H18O3S/c1-11(2)12(3)16-9-10-17(14,15)13-7-5-4-6-8-13/h4-8,11H,3,9-10H2,1-2H3. The second-order valence-corrected chi connectivity index (χ2v) is 6.21. The summed E-state index contributed by atoms with van der Waals surface area (Å²) in [5.41, 5.74) is 0. The minimum Gasteiger partial charge on any atom is -0.497 e. The summed E-state index contributed by atoms with van der Waals surface area (Å²) in [6, 6.07) is 8.39. The van der Waals surface area contributed by atoms with Gasteiger partial charge in [-0.3, -0.25) is 0 Å². The van der Waals surface area contributed by atoms with Crippen LogP contribution in [0.4, 0.5) is 0 Å². The molecule has 0 radical (unpaired) electrons. The van der Waals surface area contributed by atoms with Crippen molar-refractivity contribution >= 4 is 9.84 Å². The minimum absolute atomic E-state index is 0.0250. The molecule has 0 aliphatic rings. The van der Waals surface area contributed by atoms with Crippen molar-refractivity contribution in [1.29, 1.82) is 0 Å². The zero-order chi connectivity index (χ0) is 12.9. The summed E-state index contributed by atoms with van der Waals surface area (Å²) in [7, 11) is -3.25. The lowest BCUT2D eigenvalue weighted by Crippen LogP contribution is -2.13. The number of rotatable bonds is 6. The average Bonchev–Trinajstić information content (AvgIpc) is 2.29. The highest BCUT2D eigenvalue weighted by Crippen LogP contribution is 2.12. The fourth-order valence-electron chi connectivity index (χ4n) is 1.19. The third-order valence-corrected chi connectivity index (χ3v) is 4.08. The zero-order valence-electron chi connectivity index (χ0n) is 10.2. The average molecular weight is 254 g/mol. The van der Waals surface area contributed by atoms with Crippen molar-refractivity contribution in [2.24, 2.45) is 5.92 Å². The van der Waals surface area contributed by atoms with Gasteiger partial charge in [0.05, 0.1) is 16.4 Å². The molecule has 0 heterocycles. The van der Waals surface area contributed by atoms with E-state index in [9.17, 15) is 8.42 Å². The van der Waals surface area contributed by atoms with Crippen molar-refractivity contribution in [3.63, 3.8) is 0 Å². The predicted molar refractivity (Wildman–Crippen MR) is 68.4 cm³/mol. The molecule has 1 rings (SSSR count). The van der Waals surface area contributed by atoms with E-state index in [2.05, 4.69) is 6.58 Å². The number of hydrogen-bond acceptors (Lipinski definition) is 3. The van der Waals surface area contributed by atoms with Crippen LogP contribution in [0.2, 0.25) is 0 Å². The molecule has 17 heavy (non-hydrogen) atoms.